The lowest BCUT2D eigenvalue weighted by Gasteiger charge is -2.35. The van der Waals surface area contributed by atoms with Gasteiger partial charge in [0.2, 0.25) is 16.0 Å². The second-order valence-electron chi connectivity index (χ2n) is 7.21. The molecule has 4 rings (SSSR count). The van der Waals surface area contributed by atoms with Gasteiger partial charge >= 0.3 is 0 Å². The highest BCUT2D eigenvalue weighted by Gasteiger charge is 2.30. The molecule has 0 N–H and O–H groups in total. The summed E-state index contributed by atoms with van der Waals surface area (Å²) in [5, 5.41) is 0. The molecule has 3 heterocycles. The number of rotatable bonds is 4. The first kappa shape index (κ1) is 19.1. The van der Waals surface area contributed by atoms with Crippen LogP contribution < -0.4 is 9.80 Å². The number of sulfonamides is 1. The molecule has 2 aliphatic heterocycles. The lowest BCUT2D eigenvalue weighted by Crippen LogP contribution is -2.49. The number of aromatic nitrogens is 2. The molecule has 150 valence electrons. The third-order valence-corrected chi connectivity index (χ3v) is 7.39. The number of halogens is 1. The number of aryl methyl sites for hydroxylation is 1. The zero-order valence-corrected chi connectivity index (χ0v) is 16.7. The average molecular weight is 405 g/mol. The van der Waals surface area contributed by atoms with E-state index in [1.54, 1.807) is 13.1 Å². The Balaban J connectivity index is 1.46. The second kappa shape index (κ2) is 7.63. The van der Waals surface area contributed by atoms with Gasteiger partial charge in [0.1, 0.15) is 11.6 Å². The lowest BCUT2D eigenvalue weighted by molar-refractivity contribution is 0.383. The number of benzene rings is 1. The van der Waals surface area contributed by atoms with Gasteiger partial charge in [-0.25, -0.2) is 17.8 Å². The van der Waals surface area contributed by atoms with Crippen molar-refractivity contribution >= 4 is 21.8 Å². The smallest absolute Gasteiger partial charge is 0.243 e. The van der Waals surface area contributed by atoms with E-state index in [0.717, 1.165) is 37.7 Å². The van der Waals surface area contributed by atoms with Crippen molar-refractivity contribution in [2.45, 2.75) is 24.7 Å². The number of piperazine rings is 1. The van der Waals surface area contributed by atoms with Crippen molar-refractivity contribution in [3.8, 4) is 0 Å². The van der Waals surface area contributed by atoms with Crippen molar-refractivity contribution < 1.29 is 12.8 Å². The molecule has 28 heavy (non-hydrogen) atoms. The van der Waals surface area contributed by atoms with Gasteiger partial charge in [0.15, 0.2) is 0 Å². The summed E-state index contributed by atoms with van der Waals surface area (Å²) in [7, 11) is -3.64. The van der Waals surface area contributed by atoms with Crippen LogP contribution >= 0.6 is 0 Å². The van der Waals surface area contributed by atoms with E-state index < -0.39 is 15.8 Å². The molecule has 1 aromatic heterocycles. The molecule has 0 saturated carbocycles. The Kier molecular flexibility index (Phi) is 5.20. The maximum absolute atomic E-state index is 13.3. The lowest BCUT2D eigenvalue weighted by atomic mass is 10.2. The Bertz CT molecular complexity index is 955. The van der Waals surface area contributed by atoms with E-state index in [1.165, 1.54) is 22.5 Å². The van der Waals surface area contributed by atoms with Crippen LogP contribution in [0.5, 0.6) is 0 Å². The van der Waals surface area contributed by atoms with Gasteiger partial charge in [-0.05, 0) is 49.6 Å². The van der Waals surface area contributed by atoms with Gasteiger partial charge in [0.25, 0.3) is 0 Å². The maximum atomic E-state index is 13.3. The number of hydrogen-bond donors (Lipinski definition) is 0. The highest BCUT2D eigenvalue weighted by molar-refractivity contribution is 7.89. The van der Waals surface area contributed by atoms with Crippen LogP contribution in [-0.2, 0) is 10.0 Å². The molecule has 0 radical (unpaired) electrons. The van der Waals surface area contributed by atoms with E-state index in [-0.39, 0.29) is 4.90 Å². The summed E-state index contributed by atoms with van der Waals surface area (Å²) >= 11 is 0. The fourth-order valence-corrected chi connectivity index (χ4v) is 5.41. The monoisotopic (exact) mass is 405 g/mol. The van der Waals surface area contributed by atoms with Crippen LogP contribution in [0.3, 0.4) is 0 Å². The summed E-state index contributed by atoms with van der Waals surface area (Å²) in [5.41, 5.74) is 0.425. The van der Waals surface area contributed by atoms with E-state index in [0.29, 0.717) is 31.7 Å². The minimum atomic E-state index is -3.64. The van der Waals surface area contributed by atoms with E-state index in [2.05, 4.69) is 19.8 Å². The van der Waals surface area contributed by atoms with Crippen molar-refractivity contribution in [2.75, 3.05) is 49.1 Å². The van der Waals surface area contributed by atoms with Crippen LogP contribution in [0.25, 0.3) is 0 Å². The maximum Gasteiger partial charge on any atom is 0.243 e. The number of anilines is 2. The summed E-state index contributed by atoms with van der Waals surface area (Å²) in [6.45, 7) is 5.40. The van der Waals surface area contributed by atoms with E-state index in [9.17, 15) is 12.8 Å². The van der Waals surface area contributed by atoms with Gasteiger partial charge in [-0.2, -0.15) is 9.29 Å². The highest BCUT2D eigenvalue weighted by Crippen LogP contribution is 2.24. The summed E-state index contributed by atoms with van der Waals surface area (Å²) in [4.78, 5) is 13.5. The first-order chi connectivity index (χ1) is 13.4. The molecule has 0 spiro atoms. The number of nitrogens with zero attached hydrogens (tertiary/aromatic N) is 5. The van der Waals surface area contributed by atoms with Crippen LogP contribution in [0, 0.1) is 12.7 Å². The quantitative estimate of drug-likeness (QED) is 0.775. The van der Waals surface area contributed by atoms with Gasteiger partial charge in [0, 0.05) is 45.5 Å². The van der Waals surface area contributed by atoms with Crippen molar-refractivity contribution in [3.05, 3.63) is 41.8 Å². The average Bonchev–Trinajstić information content (AvgIpc) is 3.23. The fourth-order valence-electron chi connectivity index (χ4n) is 3.78. The first-order valence-electron chi connectivity index (χ1n) is 9.54. The predicted molar refractivity (Wildman–Crippen MR) is 106 cm³/mol. The molecule has 2 saturated heterocycles. The van der Waals surface area contributed by atoms with Gasteiger partial charge < -0.3 is 9.80 Å². The Morgan fingerprint density at radius 1 is 0.964 bits per heavy atom. The molecular weight excluding hydrogens is 381 g/mol. The molecule has 0 amide bonds. The predicted octanol–water partition coefficient (Wildman–Crippen LogP) is 2.04. The van der Waals surface area contributed by atoms with Crippen molar-refractivity contribution in [3.63, 3.8) is 0 Å². The van der Waals surface area contributed by atoms with E-state index >= 15 is 0 Å². The second-order valence-corrected chi connectivity index (χ2v) is 9.12. The molecular formula is C19H24FN5O2S. The van der Waals surface area contributed by atoms with Gasteiger partial charge in [-0.3, -0.25) is 0 Å². The zero-order chi connectivity index (χ0) is 19.7. The van der Waals surface area contributed by atoms with Crippen LogP contribution in [0.1, 0.15) is 18.4 Å². The molecule has 2 aliphatic rings. The molecule has 0 bridgehead atoms. The van der Waals surface area contributed by atoms with Gasteiger partial charge in [-0.1, -0.05) is 0 Å². The summed E-state index contributed by atoms with van der Waals surface area (Å²) in [5.74, 6) is 1.14. The van der Waals surface area contributed by atoms with E-state index in [1.807, 2.05) is 6.07 Å². The van der Waals surface area contributed by atoms with E-state index in [4.69, 9.17) is 0 Å². The largest absolute Gasteiger partial charge is 0.354 e. The van der Waals surface area contributed by atoms with Crippen molar-refractivity contribution in [1.82, 2.24) is 14.3 Å². The fraction of sp³-hybridized carbons (Fsp3) is 0.474. The highest BCUT2D eigenvalue weighted by atomic mass is 32.2. The van der Waals surface area contributed by atoms with Gasteiger partial charge in [-0.15, -0.1) is 0 Å². The summed E-state index contributed by atoms with van der Waals surface area (Å²) < 4.78 is 40.7. The minimum Gasteiger partial charge on any atom is -0.354 e. The first-order valence-corrected chi connectivity index (χ1v) is 11.0. The third-order valence-electron chi connectivity index (χ3n) is 5.33. The molecule has 0 unspecified atom stereocenters. The SMILES string of the molecule is Cc1cc(F)ccc1S(=O)(=O)N1CCN(c2ccnc(N3CCCC3)n2)CC1. The molecule has 0 atom stereocenters. The third kappa shape index (κ3) is 3.68. The molecule has 1 aromatic carbocycles. The molecule has 2 aromatic rings. The Morgan fingerprint density at radius 3 is 2.36 bits per heavy atom. The molecule has 9 heteroatoms. The van der Waals surface area contributed by atoms with Crippen molar-refractivity contribution in [1.29, 1.82) is 0 Å². The number of hydrogen-bond acceptors (Lipinski definition) is 6. The Labute approximate surface area is 164 Å². The van der Waals surface area contributed by atoms with Crippen molar-refractivity contribution in [2.24, 2.45) is 0 Å². The molecule has 2 fully saturated rings. The topological polar surface area (TPSA) is 69.6 Å². The Morgan fingerprint density at radius 2 is 1.68 bits per heavy atom. The minimum absolute atomic E-state index is 0.167. The molecule has 7 nitrogen and oxygen atoms in total. The van der Waals surface area contributed by atoms with Gasteiger partial charge in [0.05, 0.1) is 4.90 Å². The van der Waals surface area contributed by atoms with Crippen LogP contribution in [0.4, 0.5) is 16.2 Å². The van der Waals surface area contributed by atoms with Crippen LogP contribution in [0.15, 0.2) is 35.4 Å². The van der Waals surface area contributed by atoms with Crippen LogP contribution in [-0.4, -0.2) is 62.0 Å². The zero-order valence-electron chi connectivity index (χ0n) is 15.9. The summed E-state index contributed by atoms with van der Waals surface area (Å²) in [6.07, 6.45) is 4.08. The normalized spacial score (nSPS) is 18.6. The Hall–Kier alpha value is -2.26. The molecule has 0 aliphatic carbocycles. The summed E-state index contributed by atoms with van der Waals surface area (Å²) in [6, 6.07) is 5.66. The standard InChI is InChI=1S/C19H24FN5O2S/c1-15-14-16(20)4-5-17(15)28(26,27)25-12-10-23(11-13-25)18-6-7-21-19(22-18)24-8-2-3-9-24/h4-7,14H,2-3,8-13H2,1H3. The van der Waals surface area contributed by atoms with Crippen LogP contribution in [0.2, 0.25) is 0 Å².